The maximum absolute atomic E-state index is 13.4. The molecule has 1 aromatic heterocycles. The Hall–Kier alpha value is -3.14. The molecule has 0 unspecified atom stereocenters. The van der Waals surface area contributed by atoms with E-state index >= 15 is 0 Å². The molecule has 0 aliphatic rings. The lowest BCUT2D eigenvalue weighted by Gasteiger charge is -2.16. The molecule has 0 fully saturated rings. The van der Waals surface area contributed by atoms with Crippen molar-refractivity contribution >= 4 is 17.5 Å². The molecule has 9 nitrogen and oxygen atoms in total. The number of nitrogens with two attached hydrogens (primary N) is 1. The van der Waals surface area contributed by atoms with Crippen molar-refractivity contribution in [1.82, 2.24) is 19.4 Å². The molecule has 2 aromatic carbocycles. The van der Waals surface area contributed by atoms with Gasteiger partial charge in [-0.15, -0.1) is 0 Å². The molecule has 33 heavy (non-hydrogen) atoms. The SMILES string of the molecule is COc1ccc(Cn2c(NCCNCCN)nc(=O)n(Cc3ccc(C)c(Cl)c3)c2=O)cc1. The van der Waals surface area contributed by atoms with Crippen LogP contribution in [0.3, 0.4) is 0 Å². The highest BCUT2D eigenvalue weighted by atomic mass is 35.5. The number of ether oxygens (including phenoxy) is 1. The molecule has 0 saturated heterocycles. The molecule has 0 bridgehead atoms. The third-order valence-electron chi connectivity index (χ3n) is 5.13. The van der Waals surface area contributed by atoms with E-state index in [1.54, 1.807) is 13.2 Å². The lowest BCUT2D eigenvalue weighted by molar-refractivity contribution is 0.414. The molecule has 1 heterocycles. The number of anilines is 1. The number of aryl methyl sites for hydroxylation is 1. The van der Waals surface area contributed by atoms with Gasteiger partial charge in [0, 0.05) is 31.2 Å². The van der Waals surface area contributed by atoms with Crippen molar-refractivity contribution in [2.75, 3.05) is 38.6 Å². The number of nitrogens with one attached hydrogen (secondary N) is 2. The fourth-order valence-corrected chi connectivity index (χ4v) is 3.47. The van der Waals surface area contributed by atoms with E-state index in [4.69, 9.17) is 22.1 Å². The van der Waals surface area contributed by atoms with Crippen molar-refractivity contribution in [1.29, 1.82) is 0 Å². The Kier molecular flexibility index (Phi) is 8.65. The maximum atomic E-state index is 13.4. The first-order valence-corrected chi connectivity index (χ1v) is 11.0. The monoisotopic (exact) mass is 472 g/mol. The number of aromatic nitrogens is 3. The third kappa shape index (κ3) is 6.44. The highest BCUT2D eigenvalue weighted by Crippen LogP contribution is 2.17. The second-order valence-corrected chi connectivity index (χ2v) is 7.98. The van der Waals surface area contributed by atoms with E-state index < -0.39 is 11.4 Å². The van der Waals surface area contributed by atoms with Crippen LogP contribution in [0.5, 0.6) is 5.75 Å². The first kappa shape index (κ1) is 24.5. The molecule has 0 radical (unpaired) electrons. The fraction of sp³-hybridized carbons (Fsp3) is 0.348. The van der Waals surface area contributed by atoms with Gasteiger partial charge in [-0.05, 0) is 41.8 Å². The topological polar surface area (TPSA) is 116 Å². The molecular formula is C23H29ClN6O3. The van der Waals surface area contributed by atoms with Gasteiger partial charge >= 0.3 is 11.4 Å². The van der Waals surface area contributed by atoms with Crippen molar-refractivity contribution in [2.24, 2.45) is 5.73 Å². The summed E-state index contributed by atoms with van der Waals surface area (Å²) in [5.41, 5.74) is 6.94. The maximum Gasteiger partial charge on any atom is 0.355 e. The standard InChI is InChI=1S/C23H29ClN6O3/c1-16-3-4-18(13-20(16)24)15-30-22(31)28-21(27-12-11-26-10-9-25)29(23(30)32)14-17-5-7-19(33-2)8-6-17/h3-8,13,26H,9-12,14-15,25H2,1-2H3,(H,27,28,31). The van der Waals surface area contributed by atoms with Crippen molar-refractivity contribution in [3.05, 3.63) is 85.1 Å². The molecule has 0 aliphatic carbocycles. The van der Waals surface area contributed by atoms with Crippen LogP contribution in [0.25, 0.3) is 0 Å². The summed E-state index contributed by atoms with van der Waals surface area (Å²) in [6.07, 6.45) is 0. The van der Waals surface area contributed by atoms with E-state index in [1.165, 1.54) is 4.57 Å². The lowest BCUT2D eigenvalue weighted by Crippen LogP contribution is -2.43. The second-order valence-electron chi connectivity index (χ2n) is 7.57. The molecule has 0 atom stereocenters. The van der Waals surface area contributed by atoms with Crippen LogP contribution in [-0.4, -0.2) is 47.4 Å². The van der Waals surface area contributed by atoms with Crippen molar-refractivity contribution in [2.45, 2.75) is 20.0 Å². The molecule has 4 N–H and O–H groups in total. The Bertz CT molecular complexity index is 1190. The molecule has 0 aliphatic heterocycles. The first-order chi connectivity index (χ1) is 15.9. The van der Waals surface area contributed by atoms with Crippen LogP contribution in [0.1, 0.15) is 16.7 Å². The number of nitrogens with zero attached hydrogens (tertiary/aromatic N) is 3. The van der Waals surface area contributed by atoms with Crippen LogP contribution in [0.2, 0.25) is 5.02 Å². The van der Waals surface area contributed by atoms with E-state index in [0.29, 0.717) is 31.2 Å². The van der Waals surface area contributed by atoms with E-state index in [1.807, 2.05) is 43.3 Å². The van der Waals surface area contributed by atoms with Gasteiger partial charge in [0.2, 0.25) is 5.95 Å². The second kappa shape index (κ2) is 11.6. The summed E-state index contributed by atoms with van der Waals surface area (Å²) in [5.74, 6) is 0.934. The van der Waals surface area contributed by atoms with E-state index in [2.05, 4.69) is 15.6 Å². The molecule has 10 heteroatoms. The first-order valence-electron chi connectivity index (χ1n) is 10.7. The Morgan fingerprint density at radius 2 is 1.70 bits per heavy atom. The van der Waals surface area contributed by atoms with Gasteiger partial charge in [-0.1, -0.05) is 35.9 Å². The minimum absolute atomic E-state index is 0.0750. The van der Waals surface area contributed by atoms with Crippen LogP contribution in [0.4, 0.5) is 5.95 Å². The molecule has 0 spiro atoms. The van der Waals surface area contributed by atoms with Gasteiger partial charge in [-0.2, -0.15) is 4.98 Å². The number of hydrogen-bond acceptors (Lipinski definition) is 7. The Morgan fingerprint density at radius 3 is 2.36 bits per heavy atom. The Balaban J connectivity index is 1.95. The molecule has 176 valence electrons. The summed E-state index contributed by atoms with van der Waals surface area (Å²) in [6.45, 7) is 4.50. The van der Waals surface area contributed by atoms with Crippen molar-refractivity contribution < 1.29 is 4.74 Å². The third-order valence-corrected chi connectivity index (χ3v) is 5.54. The smallest absolute Gasteiger partial charge is 0.355 e. The van der Waals surface area contributed by atoms with Gasteiger partial charge in [-0.3, -0.25) is 4.57 Å². The number of rotatable bonds is 11. The summed E-state index contributed by atoms with van der Waals surface area (Å²) in [6, 6.07) is 12.8. The van der Waals surface area contributed by atoms with Crippen LogP contribution < -0.4 is 32.5 Å². The lowest BCUT2D eigenvalue weighted by atomic mass is 10.1. The zero-order chi connectivity index (χ0) is 23.8. The minimum atomic E-state index is -0.625. The molecule has 3 rings (SSSR count). The Morgan fingerprint density at radius 1 is 1.00 bits per heavy atom. The van der Waals surface area contributed by atoms with Crippen molar-refractivity contribution in [3.8, 4) is 5.75 Å². The number of benzene rings is 2. The quantitative estimate of drug-likeness (QED) is 0.361. The summed E-state index contributed by atoms with van der Waals surface area (Å²) >= 11 is 6.22. The van der Waals surface area contributed by atoms with Crippen molar-refractivity contribution in [3.63, 3.8) is 0 Å². The van der Waals surface area contributed by atoms with Crippen LogP contribution in [0.15, 0.2) is 52.1 Å². The highest BCUT2D eigenvalue weighted by Gasteiger charge is 2.14. The molecular weight excluding hydrogens is 444 g/mol. The highest BCUT2D eigenvalue weighted by molar-refractivity contribution is 6.31. The molecule has 3 aromatic rings. The Labute approximate surface area is 197 Å². The number of hydrogen-bond donors (Lipinski definition) is 3. The summed E-state index contributed by atoms with van der Waals surface area (Å²) in [7, 11) is 1.59. The zero-order valence-electron chi connectivity index (χ0n) is 18.8. The average Bonchev–Trinajstić information content (AvgIpc) is 2.81. The molecule has 0 saturated carbocycles. The minimum Gasteiger partial charge on any atom is -0.497 e. The average molecular weight is 473 g/mol. The van der Waals surface area contributed by atoms with Gasteiger partial charge in [0.15, 0.2) is 0 Å². The van der Waals surface area contributed by atoms with Gasteiger partial charge in [0.05, 0.1) is 20.2 Å². The fourth-order valence-electron chi connectivity index (χ4n) is 3.26. The molecule has 0 amide bonds. The van der Waals surface area contributed by atoms with Gasteiger partial charge in [0.25, 0.3) is 0 Å². The van der Waals surface area contributed by atoms with Crippen LogP contribution in [-0.2, 0) is 13.1 Å². The van der Waals surface area contributed by atoms with E-state index in [0.717, 1.165) is 27.0 Å². The summed E-state index contributed by atoms with van der Waals surface area (Å²) in [5, 5.41) is 6.83. The van der Waals surface area contributed by atoms with Gasteiger partial charge in [0.1, 0.15) is 5.75 Å². The summed E-state index contributed by atoms with van der Waals surface area (Å²) < 4.78 is 7.78. The normalized spacial score (nSPS) is 10.9. The van der Waals surface area contributed by atoms with E-state index in [9.17, 15) is 9.59 Å². The predicted octanol–water partition coefficient (Wildman–Crippen LogP) is 1.43. The van der Waals surface area contributed by atoms with E-state index in [-0.39, 0.29) is 19.0 Å². The number of methoxy groups -OCH3 is 1. The predicted molar refractivity (Wildman–Crippen MR) is 131 cm³/mol. The number of halogens is 1. The van der Waals surface area contributed by atoms with Crippen LogP contribution in [0, 0.1) is 6.92 Å². The summed E-state index contributed by atoms with van der Waals surface area (Å²) in [4.78, 5) is 30.3. The largest absolute Gasteiger partial charge is 0.497 e. The van der Waals surface area contributed by atoms with Gasteiger partial charge in [-0.25, -0.2) is 14.2 Å². The van der Waals surface area contributed by atoms with Gasteiger partial charge < -0.3 is 21.1 Å². The zero-order valence-corrected chi connectivity index (χ0v) is 19.6. The van der Waals surface area contributed by atoms with Crippen LogP contribution >= 0.6 is 11.6 Å².